The Morgan fingerprint density at radius 2 is 1.96 bits per heavy atom. The van der Waals surface area contributed by atoms with E-state index in [0.29, 0.717) is 17.9 Å². The molecule has 1 aliphatic rings. The molecule has 3 aromatic rings. The molecule has 0 unspecified atom stereocenters. The van der Waals surface area contributed by atoms with Crippen molar-refractivity contribution in [1.82, 2.24) is 20.3 Å². The zero-order valence-electron chi connectivity index (χ0n) is 14.5. The van der Waals surface area contributed by atoms with E-state index in [4.69, 9.17) is 0 Å². The summed E-state index contributed by atoms with van der Waals surface area (Å²) in [7, 11) is 0. The minimum atomic E-state index is -0.290. The number of nitrogens with one attached hydrogen (secondary N) is 2. The quantitative estimate of drug-likeness (QED) is 0.752. The van der Waals surface area contributed by atoms with Crippen LogP contribution < -0.4 is 15.5 Å². The van der Waals surface area contributed by atoms with Crippen LogP contribution in [0.25, 0.3) is 11.0 Å². The molecule has 0 bridgehead atoms. The van der Waals surface area contributed by atoms with E-state index in [1.807, 2.05) is 18.2 Å². The molecule has 0 radical (unpaired) electrons. The molecule has 0 spiro atoms. The summed E-state index contributed by atoms with van der Waals surface area (Å²) >= 11 is 0. The van der Waals surface area contributed by atoms with Gasteiger partial charge in [-0.15, -0.1) is 0 Å². The molecule has 2 aromatic heterocycles. The smallest absolute Gasteiger partial charge is 0.166 e. The van der Waals surface area contributed by atoms with Gasteiger partial charge in [0.25, 0.3) is 0 Å². The van der Waals surface area contributed by atoms with Crippen LogP contribution in [-0.2, 0) is 6.54 Å². The van der Waals surface area contributed by atoms with E-state index in [0.717, 1.165) is 49.2 Å². The van der Waals surface area contributed by atoms with Crippen molar-refractivity contribution < 1.29 is 4.39 Å². The fourth-order valence-corrected chi connectivity index (χ4v) is 3.26. The van der Waals surface area contributed by atoms with Gasteiger partial charge in [-0.05, 0) is 30.7 Å². The van der Waals surface area contributed by atoms with Crippen LogP contribution in [-0.4, -0.2) is 41.1 Å². The maximum Gasteiger partial charge on any atom is 0.166 e. The van der Waals surface area contributed by atoms with Gasteiger partial charge in [-0.25, -0.2) is 4.39 Å². The van der Waals surface area contributed by atoms with E-state index in [-0.39, 0.29) is 5.82 Å². The summed E-state index contributed by atoms with van der Waals surface area (Å²) in [5.41, 5.74) is 4.09. The second-order valence-corrected chi connectivity index (χ2v) is 6.34. The lowest BCUT2D eigenvalue weighted by Crippen LogP contribution is -2.29. The standard InChI is InChI=1S/C19H21FN6/c20-15-12-22-13-18(19(15)26-8-1-4-21-7-9-26)25-11-14-2-3-16-17(10-14)24-6-5-23-16/h2-3,5-6,10,12-13,21,25H,1,4,7-9,11H2. The van der Waals surface area contributed by atoms with Gasteiger partial charge in [0.1, 0.15) is 0 Å². The summed E-state index contributed by atoms with van der Waals surface area (Å²) in [6, 6.07) is 5.95. The van der Waals surface area contributed by atoms with Crippen LogP contribution >= 0.6 is 0 Å². The molecule has 1 aliphatic heterocycles. The van der Waals surface area contributed by atoms with Crippen LogP contribution in [0.5, 0.6) is 0 Å². The molecule has 2 N–H and O–H groups in total. The molecule has 1 fully saturated rings. The summed E-state index contributed by atoms with van der Waals surface area (Å²) in [4.78, 5) is 14.7. The molecule has 0 atom stereocenters. The van der Waals surface area contributed by atoms with Gasteiger partial charge in [0.2, 0.25) is 0 Å². The van der Waals surface area contributed by atoms with Crippen molar-refractivity contribution in [2.45, 2.75) is 13.0 Å². The Hall–Kier alpha value is -2.80. The van der Waals surface area contributed by atoms with Crippen molar-refractivity contribution >= 4 is 22.4 Å². The lowest BCUT2D eigenvalue weighted by atomic mass is 10.2. The number of halogens is 1. The number of hydrogen-bond donors (Lipinski definition) is 2. The topological polar surface area (TPSA) is 66.0 Å². The van der Waals surface area contributed by atoms with Crippen LogP contribution in [0.2, 0.25) is 0 Å². The number of aromatic nitrogens is 3. The Morgan fingerprint density at radius 3 is 2.88 bits per heavy atom. The van der Waals surface area contributed by atoms with Crippen molar-refractivity contribution in [3.05, 3.63) is 54.4 Å². The Balaban J connectivity index is 1.56. The summed E-state index contributed by atoms with van der Waals surface area (Å²) in [5.74, 6) is -0.290. The molecule has 1 saturated heterocycles. The average Bonchev–Trinajstić information content (AvgIpc) is 2.95. The molecular weight excluding hydrogens is 331 g/mol. The fourth-order valence-electron chi connectivity index (χ4n) is 3.26. The number of nitrogens with zero attached hydrogens (tertiary/aromatic N) is 4. The van der Waals surface area contributed by atoms with Gasteiger partial charge >= 0.3 is 0 Å². The Bertz CT molecular complexity index is 892. The molecule has 26 heavy (non-hydrogen) atoms. The monoisotopic (exact) mass is 352 g/mol. The third-order valence-corrected chi connectivity index (χ3v) is 4.55. The first-order valence-corrected chi connectivity index (χ1v) is 8.84. The molecule has 0 saturated carbocycles. The van der Waals surface area contributed by atoms with Gasteiger partial charge < -0.3 is 15.5 Å². The largest absolute Gasteiger partial charge is 0.378 e. The van der Waals surface area contributed by atoms with Crippen LogP contribution in [0, 0.1) is 5.82 Å². The molecule has 4 rings (SSSR count). The highest BCUT2D eigenvalue weighted by molar-refractivity contribution is 5.75. The molecule has 0 aliphatic carbocycles. The fraction of sp³-hybridized carbons (Fsp3) is 0.316. The lowest BCUT2D eigenvalue weighted by molar-refractivity contribution is 0.612. The zero-order chi connectivity index (χ0) is 17.8. The molecule has 1 aromatic carbocycles. The second kappa shape index (κ2) is 7.61. The first-order chi connectivity index (χ1) is 12.8. The van der Waals surface area contributed by atoms with Crippen LogP contribution in [0.3, 0.4) is 0 Å². The van der Waals surface area contributed by atoms with Crippen molar-refractivity contribution in [3.8, 4) is 0 Å². The van der Waals surface area contributed by atoms with Crippen molar-refractivity contribution in [1.29, 1.82) is 0 Å². The predicted molar refractivity (Wildman–Crippen MR) is 101 cm³/mol. The van der Waals surface area contributed by atoms with Crippen LogP contribution in [0.1, 0.15) is 12.0 Å². The van der Waals surface area contributed by atoms with Gasteiger partial charge in [0.05, 0.1) is 34.8 Å². The number of anilines is 2. The van der Waals surface area contributed by atoms with Gasteiger partial charge in [-0.3, -0.25) is 15.0 Å². The first-order valence-electron chi connectivity index (χ1n) is 8.84. The molecule has 134 valence electrons. The Kier molecular flexibility index (Phi) is 4.88. The molecule has 3 heterocycles. The Labute approximate surface area is 151 Å². The highest BCUT2D eigenvalue weighted by Crippen LogP contribution is 2.29. The molecule has 7 heteroatoms. The van der Waals surface area contributed by atoms with Gasteiger partial charge in [0.15, 0.2) is 5.82 Å². The first kappa shape index (κ1) is 16.7. The third kappa shape index (κ3) is 3.57. The number of benzene rings is 1. The van der Waals surface area contributed by atoms with Crippen LogP contribution in [0.4, 0.5) is 15.8 Å². The molecular formula is C19H21FN6. The van der Waals surface area contributed by atoms with Gasteiger partial charge in [0, 0.05) is 38.6 Å². The number of pyridine rings is 1. The number of rotatable bonds is 4. The average molecular weight is 352 g/mol. The van der Waals surface area contributed by atoms with E-state index in [2.05, 4.69) is 30.5 Å². The predicted octanol–water partition coefficient (Wildman–Crippen LogP) is 2.58. The SMILES string of the molecule is Fc1cncc(NCc2ccc3nccnc3c2)c1N1CCCNCC1. The van der Waals surface area contributed by atoms with Crippen molar-refractivity contribution in [2.24, 2.45) is 0 Å². The summed E-state index contributed by atoms with van der Waals surface area (Å²) in [5, 5.41) is 6.69. The summed E-state index contributed by atoms with van der Waals surface area (Å²) in [6.07, 6.45) is 7.33. The van der Waals surface area contributed by atoms with Crippen molar-refractivity contribution in [3.63, 3.8) is 0 Å². The summed E-state index contributed by atoms with van der Waals surface area (Å²) < 4.78 is 14.5. The third-order valence-electron chi connectivity index (χ3n) is 4.55. The van der Waals surface area contributed by atoms with E-state index >= 15 is 0 Å². The highest BCUT2D eigenvalue weighted by Gasteiger charge is 2.18. The van der Waals surface area contributed by atoms with Gasteiger partial charge in [-0.1, -0.05) is 6.07 Å². The normalized spacial score (nSPS) is 15.0. The number of fused-ring (bicyclic) bond motifs is 1. The van der Waals surface area contributed by atoms with E-state index < -0.39 is 0 Å². The zero-order valence-corrected chi connectivity index (χ0v) is 14.5. The maximum atomic E-state index is 14.5. The Morgan fingerprint density at radius 1 is 1.08 bits per heavy atom. The van der Waals surface area contributed by atoms with Crippen molar-refractivity contribution in [2.75, 3.05) is 36.4 Å². The second-order valence-electron chi connectivity index (χ2n) is 6.34. The molecule has 6 nitrogen and oxygen atoms in total. The maximum absolute atomic E-state index is 14.5. The van der Waals surface area contributed by atoms with Crippen LogP contribution in [0.15, 0.2) is 43.0 Å². The van der Waals surface area contributed by atoms with Gasteiger partial charge in [-0.2, -0.15) is 0 Å². The van der Waals surface area contributed by atoms with E-state index in [9.17, 15) is 4.39 Å². The minimum absolute atomic E-state index is 0.290. The summed E-state index contributed by atoms with van der Waals surface area (Å²) in [6.45, 7) is 3.99. The highest BCUT2D eigenvalue weighted by atomic mass is 19.1. The molecule has 0 amide bonds. The van der Waals surface area contributed by atoms with E-state index in [1.165, 1.54) is 6.20 Å². The lowest BCUT2D eigenvalue weighted by Gasteiger charge is -2.25. The minimum Gasteiger partial charge on any atom is -0.378 e. The van der Waals surface area contributed by atoms with E-state index in [1.54, 1.807) is 18.6 Å². The number of hydrogen-bond acceptors (Lipinski definition) is 6.